The predicted octanol–water partition coefficient (Wildman–Crippen LogP) is 0.820. The van der Waals surface area contributed by atoms with E-state index in [9.17, 15) is 0 Å². The van der Waals surface area contributed by atoms with Gasteiger partial charge in [0.25, 0.3) is 0 Å². The Morgan fingerprint density at radius 2 is 0.629 bits per heavy atom. The molecule has 0 unspecified atom stereocenters. The van der Waals surface area contributed by atoms with Gasteiger partial charge in [0.2, 0.25) is 0 Å². The minimum atomic E-state index is -6.10. The second-order valence-corrected chi connectivity index (χ2v) is 16.2. The molecular formula is C24H33O7S3Sb. The van der Waals surface area contributed by atoms with E-state index in [0.29, 0.717) is 49.9 Å². The van der Waals surface area contributed by atoms with Gasteiger partial charge >= 0.3 is 33.2 Å². The van der Waals surface area contributed by atoms with E-state index in [1.54, 1.807) is 36.4 Å². The number of phenols is 3. The maximum absolute atomic E-state index is 8.94. The van der Waals surface area contributed by atoms with Crippen molar-refractivity contribution >= 4 is 52.7 Å². The third-order valence-electron chi connectivity index (χ3n) is 3.92. The molecule has 0 spiro atoms. The first kappa shape index (κ1) is 33.6. The summed E-state index contributed by atoms with van der Waals surface area (Å²) >= 11 is -6.10. The van der Waals surface area contributed by atoms with E-state index in [0.717, 1.165) is 0 Å². The zero-order valence-corrected chi connectivity index (χ0v) is 25.6. The Labute approximate surface area is 222 Å². The van der Waals surface area contributed by atoms with Crippen molar-refractivity contribution < 1.29 is 28.5 Å². The summed E-state index contributed by atoms with van der Waals surface area (Å²) in [5.41, 5.74) is 0. The van der Waals surface area contributed by atoms with Crippen LogP contribution in [0.1, 0.15) is 0 Å². The number of phenolic OH excluding ortho intramolecular Hbond substituents is 3. The Hall–Kier alpha value is -1.39. The Bertz CT molecular complexity index is 879. The Kier molecular flexibility index (Phi) is 16.5. The van der Waals surface area contributed by atoms with Crippen molar-refractivity contribution in [1.82, 2.24) is 0 Å². The molecule has 0 amide bonds. The van der Waals surface area contributed by atoms with Crippen molar-refractivity contribution in [2.24, 2.45) is 0 Å². The summed E-state index contributed by atoms with van der Waals surface area (Å²) in [5, 5.41) is 26.8. The van der Waals surface area contributed by atoms with Gasteiger partial charge in [0.15, 0.2) is 14.7 Å². The molecule has 0 saturated heterocycles. The van der Waals surface area contributed by atoms with E-state index in [4.69, 9.17) is 28.5 Å². The van der Waals surface area contributed by atoms with Crippen LogP contribution in [0.15, 0.2) is 87.5 Å². The molecule has 194 valence electrons. The van der Waals surface area contributed by atoms with E-state index < -0.39 is 20.1 Å². The number of benzene rings is 3. The molecule has 0 fully saturated rings. The second kappa shape index (κ2) is 17.1. The molecule has 3 aromatic carbocycles. The van der Waals surface area contributed by atoms with Crippen LogP contribution in [0.3, 0.4) is 0 Å². The van der Waals surface area contributed by atoms with Gasteiger partial charge in [-0.15, -0.1) is 0 Å². The molecule has 0 radical (unpaired) electrons. The van der Waals surface area contributed by atoms with Gasteiger partial charge in [-0.3, -0.25) is 0 Å². The summed E-state index contributed by atoms with van der Waals surface area (Å²) in [5.74, 6) is 1.03. The van der Waals surface area contributed by atoms with E-state index in [-0.39, 0.29) is 0 Å². The van der Waals surface area contributed by atoms with Crippen LogP contribution in [0.2, 0.25) is 0 Å². The van der Waals surface area contributed by atoms with Crippen LogP contribution in [-0.2, 0) is 35.7 Å². The average Bonchev–Trinajstić information content (AvgIpc) is 2.74. The third-order valence-corrected chi connectivity index (χ3v) is 7.57. The maximum atomic E-state index is 8.94. The Morgan fingerprint density at radius 3 is 0.743 bits per heavy atom. The van der Waals surface area contributed by atoms with E-state index in [1.165, 1.54) is 14.7 Å². The van der Waals surface area contributed by atoms with Gasteiger partial charge in [-0.1, -0.05) is 0 Å². The number of hydrogen-bond donors (Lipinski definition) is 3. The first-order chi connectivity index (χ1) is 16.1. The van der Waals surface area contributed by atoms with E-state index in [2.05, 4.69) is 37.5 Å². The van der Waals surface area contributed by atoms with Crippen molar-refractivity contribution in [1.29, 1.82) is 0 Å². The molecular weight excluding hydrogens is 618 g/mol. The predicted molar refractivity (Wildman–Crippen MR) is 143 cm³/mol. The molecule has 0 aromatic heterocycles. The molecule has 3 aromatic rings. The molecule has 0 heterocycles. The quantitative estimate of drug-likeness (QED) is 0.281. The van der Waals surface area contributed by atoms with Crippen molar-refractivity contribution in [3.05, 3.63) is 72.8 Å². The Balaban J connectivity index is 0.000000453. The summed E-state index contributed by atoms with van der Waals surface area (Å²) in [6.07, 6.45) is 13.0. The van der Waals surface area contributed by atoms with Crippen LogP contribution in [-0.4, -0.2) is 72.9 Å². The standard InChI is InChI=1S/3C8H10OS.4O.Sb/c3*1-10(2)8-5-3-7(9)4-6-8;;;;;/h3*3-6H,1-2H3;;;;;/q;;;;3*-1;/p+3. The molecule has 0 aliphatic heterocycles. The van der Waals surface area contributed by atoms with Gasteiger partial charge < -0.3 is 15.3 Å². The normalized spacial score (nSPS) is 10.5. The number of aromatic hydroxyl groups is 3. The zero-order chi connectivity index (χ0) is 27.2. The van der Waals surface area contributed by atoms with Crippen molar-refractivity contribution in [2.75, 3.05) is 37.5 Å². The molecule has 3 N–H and O–H groups in total. The zero-order valence-electron chi connectivity index (χ0n) is 20.6. The van der Waals surface area contributed by atoms with Gasteiger partial charge in [-0.25, -0.2) is 0 Å². The molecule has 7 nitrogen and oxygen atoms in total. The fourth-order valence-electron chi connectivity index (χ4n) is 2.15. The molecule has 0 aliphatic carbocycles. The van der Waals surface area contributed by atoms with Crippen molar-refractivity contribution in [3.8, 4) is 17.2 Å². The molecule has 0 aliphatic rings. The van der Waals surface area contributed by atoms with Gasteiger partial charge in [0.1, 0.15) is 54.8 Å². The Morgan fingerprint density at radius 1 is 0.486 bits per heavy atom. The molecule has 3 rings (SSSR count). The summed E-state index contributed by atoms with van der Waals surface area (Å²) < 4.78 is 34.6. The van der Waals surface area contributed by atoms with E-state index in [1.807, 2.05) is 36.4 Å². The van der Waals surface area contributed by atoms with Crippen LogP contribution in [0, 0.1) is 0 Å². The number of rotatable bonds is 3. The van der Waals surface area contributed by atoms with Crippen LogP contribution in [0.4, 0.5) is 0 Å². The van der Waals surface area contributed by atoms with Crippen LogP contribution >= 0.6 is 0 Å². The average molecular weight is 651 g/mol. The second-order valence-electron chi connectivity index (χ2n) is 7.38. The first-order valence-electron chi connectivity index (χ1n) is 9.93. The molecule has 11 heteroatoms. The van der Waals surface area contributed by atoms with Crippen LogP contribution < -0.4 is 10.2 Å². The van der Waals surface area contributed by atoms with Crippen molar-refractivity contribution in [3.63, 3.8) is 0 Å². The van der Waals surface area contributed by atoms with Gasteiger partial charge in [0, 0.05) is 32.7 Å². The molecule has 35 heavy (non-hydrogen) atoms. The van der Waals surface area contributed by atoms with Gasteiger partial charge in [0.05, 0.1) is 0 Å². The summed E-state index contributed by atoms with van der Waals surface area (Å²) in [4.78, 5) is 3.87. The van der Waals surface area contributed by atoms with Gasteiger partial charge in [-0.05, 0) is 72.8 Å². The molecule has 0 saturated carbocycles. The van der Waals surface area contributed by atoms with E-state index >= 15 is 0 Å². The summed E-state index contributed by atoms with van der Waals surface area (Å²) in [6.45, 7) is 0. The SMILES string of the molecule is C[S+](C)c1ccc(O)cc1.C[S+](C)c1ccc(O)cc1.C[S+](C)c1ccc(O)cc1.[O]=[Sb]([O-])([O-])[O-]. The number of hydrogen-bond acceptors (Lipinski definition) is 7. The topological polar surface area (TPSA) is 147 Å². The summed E-state index contributed by atoms with van der Waals surface area (Å²) in [7, 11) is 0.905. The third kappa shape index (κ3) is 18.5. The minimum absolute atomic E-state index is 0.302. The fraction of sp³-hybridized carbons (Fsp3) is 0.250. The monoisotopic (exact) mass is 650 g/mol. The van der Waals surface area contributed by atoms with Crippen molar-refractivity contribution in [2.45, 2.75) is 14.7 Å². The fourth-order valence-corrected chi connectivity index (χ4v) is 4.20. The first-order valence-corrected chi connectivity index (χ1v) is 20.2. The van der Waals surface area contributed by atoms with Crippen LogP contribution in [0.25, 0.3) is 0 Å². The van der Waals surface area contributed by atoms with Crippen LogP contribution in [0.5, 0.6) is 17.2 Å². The molecule has 0 atom stereocenters. The molecule has 0 bridgehead atoms. The summed E-state index contributed by atoms with van der Waals surface area (Å²) in [6, 6.07) is 22.1. The van der Waals surface area contributed by atoms with Gasteiger partial charge in [-0.2, -0.15) is 0 Å².